The van der Waals surface area contributed by atoms with Crippen LogP contribution < -0.4 is 16.2 Å². The van der Waals surface area contributed by atoms with Crippen LogP contribution in [0.2, 0.25) is 5.02 Å². The van der Waals surface area contributed by atoms with Gasteiger partial charge in [0, 0.05) is 11.4 Å². The summed E-state index contributed by atoms with van der Waals surface area (Å²) in [5, 5.41) is 16.7. The average Bonchev–Trinajstić information content (AvgIpc) is 3.20. The van der Waals surface area contributed by atoms with E-state index in [0.717, 1.165) is 4.88 Å². The zero-order valence-electron chi connectivity index (χ0n) is 14.4. The van der Waals surface area contributed by atoms with Crippen molar-refractivity contribution in [2.24, 2.45) is 0 Å². The molecule has 0 aliphatic heterocycles. The lowest BCUT2D eigenvalue weighted by Gasteiger charge is -2.11. The van der Waals surface area contributed by atoms with Gasteiger partial charge in [-0.05, 0) is 30.0 Å². The molecule has 0 fully saturated rings. The van der Waals surface area contributed by atoms with Crippen molar-refractivity contribution in [3.8, 4) is 0 Å². The maximum atomic E-state index is 12.2. The van der Waals surface area contributed by atoms with Gasteiger partial charge >= 0.3 is 5.69 Å². The molecule has 1 aromatic carbocycles. The van der Waals surface area contributed by atoms with E-state index in [1.807, 2.05) is 17.5 Å². The summed E-state index contributed by atoms with van der Waals surface area (Å²) in [4.78, 5) is 32.1. The first-order chi connectivity index (χ1) is 13.6. The van der Waals surface area contributed by atoms with Crippen LogP contribution in [0.1, 0.15) is 15.2 Å². The van der Waals surface area contributed by atoms with Crippen molar-refractivity contribution < 1.29 is 9.72 Å². The largest absolute Gasteiger partial charge is 0.364 e. The minimum atomic E-state index is -0.614. The summed E-state index contributed by atoms with van der Waals surface area (Å²) in [6.45, 7) is 0.462. The third-order valence-electron chi connectivity index (χ3n) is 3.66. The first-order valence-electron chi connectivity index (χ1n) is 8.13. The van der Waals surface area contributed by atoms with E-state index >= 15 is 0 Å². The van der Waals surface area contributed by atoms with Crippen LogP contribution in [0.5, 0.6) is 0 Å². The number of nitrogens with zero attached hydrogens (tertiary/aromatic N) is 3. The number of nitro groups is 1. The van der Waals surface area contributed by atoms with Crippen molar-refractivity contribution in [2.45, 2.75) is 6.42 Å². The number of aromatic nitrogens is 2. The SMILES string of the molecule is O=C(NNc1ncnc(NCCc2cccs2)c1[N+](=O)[O-])c1ccccc1Cl. The molecule has 0 unspecified atom stereocenters. The smallest absolute Gasteiger partial charge is 0.354 e. The second-order valence-electron chi connectivity index (χ2n) is 5.49. The van der Waals surface area contributed by atoms with Gasteiger partial charge in [-0.25, -0.2) is 9.97 Å². The Morgan fingerprint density at radius 3 is 2.68 bits per heavy atom. The van der Waals surface area contributed by atoms with Gasteiger partial charge in [0.1, 0.15) is 6.33 Å². The maximum absolute atomic E-state index is 12.2. The summed E-state index contributed by atoms with van der Waals surface area (Å²) in [5.41, 5.74) is 4.70. The molecule has 0 aliphatic rings. The molecule has 0 atom stereocenters. The van der Waals surface area contributed by atoms with Crippen LogP contribution in [-0.2, 0) is 6.42 Å². The highest BCUT2D eigenvalue weighted by molar-refractivity contribution is 7.09. The van der Waals surface area contributed by atoms with E-state index in [2.05, 4.69) is 26.1 Å². The summed E-state index contributed by atoms with van der Waals surface area (Å²) < 4.78 is 0. The molecule has 1 amide bonds. The van der Waals surface area contributed by atoms with Crippen LogP contribution in [0, 0.1) is 10.1 Å². The van der Waals surface area contributed by atoms with Crippen LogP contribution in [0.25, 0.3) is 0 Å². The highest BCUT2D eigenvalue weighted by atomic mass is 35.5. The van der Waals surface area contributed by atoms with Crippen LogP contribution in [-0.4, -0.2) is 27.3 Å². The van der Waals surface area contributed by atoms with Crippen molar-refractivity contribution in [1.29, 1.82) is 0 Å². The van der Waals surface area contributed by atoms with Gasteiger partial charge < -0.3 is 5.32 Å². The van der Waals surface area contributed by atoms with Crippen molar-refractivity contribution in [3.63, 3.8) is 0 Å². The first kappa shape index (κ1) is 19.5. The minimum absolute atomic E-state index is 0.0612. The molecule has 11 heteroatoms. The van der Waals surface area contributed by atoms with Crippen molar-refractivity contribution >= 4 is 46.2 Å². The Labute approximate surface area is 168 Å². The Morgan fingerprint density at radius 2 is 1.96 bits per heavy atom. The molecule has 0 saturated carbocycles. The van der Waals surface area contributed by atoms with Gasteiger partial charge in [-0.2, -0.15) is 0 Å². The zero-order chi connectivity index (χ0) is 19.9. The minimum Gasteiger partial charge on any atom is -0.364 e. The molecule has 0 bridgehead atoms. The second kappa shape index (κ2) is 9.11. The van der Waals surface area contributed by atoms with Crippen molar-refractivity contribution in [1.82, 2.24) is 15.4 Å². The highest BCUT2D eigenvalue weighted by Gasteiger charge is 2.23. The molecule has 0 radical (unpaired) electrons. The molecule has 3 N–H and O–H groups in total. The van der Waals surface area contributed by atoms with Crippen LogP contribution >= 0.6 is 22.9 Å². The van der Waals surface area contributed by atoms with Gasteiger partial charge in [0.05, 0.1) is 15.5 Å². The van der Waals surface area contributed by atoms with E-state index in [4.69, 9.17) is 11.6 Å². The lowest BCUT2D eigenvalue weighted by atomic mass is 10.2. The normalized spacial score (nSPS) is 10.3. The maximum Gasteiger partial charge on any atom is 0.354 e. The fourth-order valence-corrected chi connectivity index (χ4v) is 3.29. The zero-order valence-corrected chi connectivity index (χ0v) is 16.0. The summed E-state index contributed by atoms with van der Waals surface area (Å²) in [7, 11) is 0. The molecule has 0 saturated heterocycles. The predicted octanol–water partition coefficient (Wildman–Crippen LogP) is 3.51. The topological polar surface area (TPSA) is 122 Å². The summed E-state index contributed by atoms with van der Waals surface area (Å²) in [6, 6.07) is 10.4. The van der Waals surface area contributed by atoms with E-state index in [-0.39, 0.29) is 27.9 Å². The Balaban J connectivity index is 1.71. The monoisotopic (exact) mass is 418 g/mol. The molecule has 9 nitrogen and oxygen atoms in total. The predicted molar refractivity (Wildman–Crippen MR) is 108 cm³/mol. The number of hydrazine groups is 1. The standard InChI is InChI=1S/C17H15ClN6O3S/c18-13-6-2-1-5-12(13)17(25)23-22-16-14(24(26)27)15(20-10-21-16)19-8-7-11-4-3-9-28-11/h1-6,9-10H,7-8H2,(H,23,25)(H2,19,20,21,22). The fraction of sp³-hybridized carbons (Fsp3) is 0.118. The van der Waals surface area contributed by atoms with E-state index in [0.29, 0.717) is 13.0 Å². The molecule has 0 aliphatic carbocycles. The van der Waals surface area contributed by atoms with Gasteiger partial charge in [0.15, 0.2) is 0 Å². The first-order valence-corrected chi connectivity index (χ1v) is 9.38. The summed E-state index contributed by atoms with van der Waals surface area (Å²) in [6.07, 6.45) is 1.87. The van der Waals surface area contributed by atoms with Gasteiger partial charge in [0.25, 0.3) is 5.91 Å². The number of carbonyl (C=O) groups is 1. The second-order valence-corrected chi connectivity index (χ2v) is 6.93. The number of nitrogens with one attached hydrogen (secondary N) is 3. The molecule has 144 valence electrons. The van der Waals surface area contributed by atoms with E-state index in [1.54, 1.807) is 29.5 Å². The molecule has 3 rings (SSSR count). The number of carbonyl (C=O) groups excluding carboxylic acids is 1. The molecule has 3 aromatic rings. The van der Waals surface area contributed by atoms with Crippen molar-refractivity contribution in [3.05, 3.63) is 73.7 Å². The van der Waals surface area contributed by atoms with E-state index in [1.165, 1.54) is 12.4 Å². The third-order valence-corrected chi connectivity index (χ3v) is 4.93. The number of halogens is 1. The molecular formula is C17H15ClN6O3S. The Morgan fingerprint density at radius 1 is 1.18 bits per heavy atom. The highest BCUT2D eigenvalue weighted by Crippen LogP contribution is 2.28. The van der Waals surface area contributed by atoms with Crippen LogP contribution in [0.4, 0.5) is 17.3 Å². The molecule has 2 aromatic heterocycles. The van der Waals surface area contributed by atoms with Crippen LogP contribution in [0.3, 0.4) is 0 Å². The number of anilines is 2. The Kier molecular flexibility index (Phi) is 6.35. The van der Waals surface area contributed by atoms with E-state index < -0.39 is 10.8 Å². The molecular weight excluding hydrogens is 404 g/mol. The molecule has 0 spiro atoms. The van der Waals surface area contributed by atoms with Gasteiger partial charge in [0.2, 0.25) is 11.6 Å². The number of thiophene rings is 1. The number of amides is 1. The average molecular weight is 419 g/mol. The Bertz CT molecular complexity index is 983. The number of hydrogen-bond donors (Lipinski definition) is 3. The van der Waals surface area contributed by atoms with Gasteiger partial charge in [-0.3, -0.25) is 25.8 Å². The summed E-state index contributed by atoms with van der Waals surface area (Å²) >= 11 is 7.58. The van der Waals surface area contributed by atoms with E-state index in [9.17, 15) is 14.9 Å². The van der Waals surface area contributed by atoms with Crippen molar-refractivity contribution in [2.75, 3.05) is 17.3 Å². The van der Waals surface area contributed by atoms with Crippen LogP contribution in [0.15, 0.2) is 48.1 Å². The lowest BCUT2D eigenvalue weighted by molar-refractivity contribution is -0.383. The summed E-state index contributed by atoms with van der Waals surface area (Å²) in [5.74, 6) is -0.629. The number of rotatable bonds is 8. The number of benzene rings is 1. The number of hydrogen-bond acceptors (Lipinski definition) is 8. The quantitative estimate of drug-likeness (QED) is 0.378. The Hall–Kier alpha value is -3.24. The molecule has 2 heterocycles. The third kappa shape index (κ3) is 4.72. The molecule has 28 heavy (non-hydrogen) atoms. The lowest BCUT2D eigenvalue weighted by Crippen LogP contribution is -2.30. The van der Waals surface area contributed by atoms with Gasteiger partial charge in [-0.15, -0.1) is 11.3 Å². The fourth-order valence-electron chi connectivity index (χ4n) is 2.36. The van der Waals surface area contributed by atoms with Gasteiger partial charge in [-0.1, -0.05) is 29.8 Å².